The van der Waals surface area contributed by atoms with Crippen LogP contribution in [0, 0.1) is 11.8 Å². The van der Waals surface area contributed by atoms with E-state index >= 15 is 0 Å². The number of hydrogen-bond acceptors (Lipinski definition) is 1. The molecular weight excluding hydrogens is 208 g/mol. The Morgan fingerprint density at radius 1 is 1.18 bits per heavy atom. The molecule has 1 heteroatoms. The summed E-state index contributed by atoms with van der Waals surface area (Å²) >= 11 is 0. The second-order valence-electron chi connectivity index (χ2n) is 5.01. The number of Topliss-reactive ketones (excluding diaryl/α,β-unsaturated/α-hetero) is 1. The highest BCUT2D eigenvalue weighted by Crippen LogP contribution is 2.19. The standard InChI is InChI=1S/C16H24O/c1-4-8-13(2)14(3)16(17)12-11-15-9-6-5-7-10-15/h5-7,9-10,13-14H,4,8,11-12H2,1-3H3. The molecule has 0 fully saturated rings. The fraction of sp³-hybridized carbons (Fsp3) is 0.562. The van der Waals surface area contributed by atoms with E-state index in [1.54, 1.807) is 0 Å². The molecule has 0 amide bonds. The lowest BCUT2D eigenvalue weighted by Gasteiger charge is -2.17. The van der Waals surface area contributed by atoms with Crippen LogP contribution in [0.25, 0.3) is 0 Å². The molecule has 1 rings (SSSR count). The predicted molar refractivity (Wildman–Crippen MR) is 73.0 cm³/mol. The summed E-state index contributed by atoms with van der Waals surface area (Å²) in [6, 6.07) is 10.3. The van der Waals surface area contributed by atoms with Gasteiger partial charge in [0.15, 0.2) is 0 Å². The summed E-state index contributed by atoms with van der Waals surface area (Å²) in [5.74, 6) is 1.14. The number of carbonyl (C=O) groups excluding carboxylic acids is 1. The monoisotopic (exact) mass is 232 g/mol. The number of rotatable bonds is 7. The maximum atomic E-state index is 12.0. The third kappa shape index (κ3) is 4.72. The van der Waals surface area contributed by atoms with Crippen LogP contribution in [0.5, 0.6) is 0 Å². The van der Waals surface area contributed by atoms with Crippen LogP contribution in [-0.2, 0) is 11.2 Å². The van der Waals surface area contributed by atoms with Crippen LogP contribution in [0.15, 0.2) is 30.3 Å². The van der Waals surface area contributed by atoms with Gasteiger partial charge in [0.2, 0.25) is 0 Å². The first kappa shape index (κ1) is 14.0. The van der Waals surface area contributed by atoms with E-state index in [1.165, 1.54) is 5.56 Å². The van der Waals surface area contributed by atoms with Crippen molar-refractivity contribution in [2.24, 2.45) is 11.8 Å². The number of carbonyl (C=O) groups is 1. The number of aryl methyl sites for hydroxylation is 1. The topological polar surface area (TPSA) is 17.1 Å². The van der Waals surface area contributed by atoms with Gasteiger partial charge in [-0.1, -0.05) is 63.9 Å². The van der Waals surface area contributed by atoms with Crippen LogP contribution in [0.3, 0.4) is 0 Å². The van der Waals surface area contributed by atoms with Crippen molar-refractivity contribution >= 4 is 5.78 Å². The van der Waals surface area contributed by atoms with Gasteiger partial charge in [0, 0.05) is 12.3 Å². The van der Waals surface area contributed by atoms with Gasteiger partial charge in [0.05, 0.1) is 0 Å². The van der Waals surface area contributed by atoms with E-state index < -0.39 is 0 Å². The second-order valence-corrected chi connectivity index (χ2v) is 5.01. The molecule has 1 aromatic carbocycles. The Hall–Kier alpha value is -1.11. The summed E-state index contributed by atoms with van der Waals surface area (Å²) in [6.45, 7) is 6.44. The van der Waals surface area contributed by atoms with E-state index in [0.29, 0.717) is 18.1 Å². The van der Waals surface area contributed by atoms with Gasteiger partial charge in [-0.15, -0.1) is 0 Å². The van der Waals surface area contributed by atoms with Crippen LogP contribution in [0.1, 0.15) is 45.6 Å². The van der Waals surface area contributed by atoms with Crippen molar-refractivity contribution < 1.29 is 4.79 Å². The van der Waals surface area contributed by atoms with Crippen LogP contribution in [-0.4, -0.2) is 5.78 Å². The summed E-state index contributed by atoms with van der Waals surface area (Å²) in [6.07, 6.45) is 3.87. The first-order chi connectivity index (χ1) is 8.15. The Kier molecular flexibility index (Phi) is 5.96. The largest absolute Gasteiger partial charge is 0.299 e. The Labute approximate surface area is 105 Å². The molecule has 94 valence electrons. The maximum Gasteiger partial charge on any atom is 0.136 e. The Balaban J connectivity index is 2.39. The first-order valence-corrected chi connectivity index (χ1v) is 6.71. The van der Waals surface area contributed by atoms with Crippen molar-refractivity contribution in [2.75, 3.05) is 0 Å². The van der Waals surface area contributed by atoms with Crippen molar-refractivity contribution in [2.45, 2.75) is 46.5 Å². The van der Waals surface area contributed by atoms with E-state index in [2.05, 4.69) is 32.9 Å². The van der Waals surface area contributed by atoms with Crippen molar-refractivity contribution in [1.82, 2.24) is 0 Å². The zero-order chi connectivity index (χ0) is 12.7. The zero-order valence-corrected chi connectivity index (χ0v) is 11.3. The minimum Gasteiger partial charge on any atom is -0.299 e. The zero-order valence-electron chi connectivity index (χ0n) is 11.3. The molecule has 0 heterocycles. The van der Waals surface area contributed by atoms with E-state index in [-0.39, 0.29) is 5.92 Å². The summed E-state index contributed by atoms with van der Waals surface area (Å²) in [7, 11) is 0. The highest BCUT2D eigenvalue weighted by Gasteiger charge is 2.18. The lowest BCUT2D eigenvalue weighted by molar-refractivity contribution is -0.123. The van der Waals surface area contributed by atoms with Crippen LogP contribution >= 0.6 is 0 Å². The Morgan fingerprint density at radius 3 is 2.41 bits per heavy atom. The lowest BCUT2D eigenvalue weighted by Crippen LogP contribution is -2.19. The third-order valence-corrected chi connectivity index (χ3v) is 3.61. The number of hydrogen-bond donors (Lipinski definition) is 0. The molecular formula is C16H24O. The minimum absolute atomic E-state index is 0.207. The molecule has 1 aromatic rings. The van der Waals surface area contributed by atoms with E-state index in [4.69, 9.17) is 0 Å². The summed E-state index contributed by atoms with van der Waals surface area (Å²) in [4.78, 5) is 12.0. The predicted octanol–water partition coefficient (Wildman–Crippen LogP) is 4.26. The van der Waals surface area contributed by atoms with Gasteiger partial charge >= 0.3 is 0 Å². The average Bonchev–Trinajstić information content (AvgIpc) is 2.36. The molecule has 0 N–H and O–H groups in total. The highest BCUT2D eigenvalue weighted by atomic mass is 16.1. The van der Waals surface area contributed by atoms with Gasteiger partial charge in [-0.3, -0.25) is 4.79 Å². The van der Waals surface area contributed by atoms with Crippen molar-refractivity contribution in [3.63, 3.8) is 0 Å². The molecule has 0 aromatic heterocycles. The van der Waals surface area contributed by atoms with Crippen LogP contribution in [0.2, 0.25) is 0 Å². The van der Waals surface area contributed by atoms with Gasteiger partial charge in [-0.2, -0.15) is 0 Å². The molecule has 0 spiro atoms. The summed E-state index contributed by atoms with van der Waals surface area (Å²) in [5, 5.41) is 0. The molecule has 0 aliphatic rings. The molecule has 0 bridgehead atoms. The van der Waals surface area contributed by atoms with Crippen LogP contribution < -0.4 is 0 Å². The molecule has 0 radical (unpaired) electrons. The van der Waals surface area contributed by atoms with E-state index in [0.717, 1.165) is 19.3 Å². The maximum absolute atomic E-state index is 12.0. The van der Waals surface area contributed by atoms with Gasteiger partial charge in [0.1, 0.15) is 5.78 Å². The highest BCUT2D eigenvalue weighted by molar-refractivity contribution is 5.81. The Bertz CT molecular complexity index is 329. The second kappa shape index (κ2) is 7.26. The van der Waals surface area contributed by atoms with Crippen molar-refractivity contribution in [3.05, 3.63) is 35.9 Å². The molecule has 0 aliphatic carbocycles. The van der Waals surface area contributed by atoms with Gasteiger partial charge in [-0.25, -0.2) is 0 Å². The van der Waals surface area contributed by atoms with Crippen molar-refractivity contribution in [3.8, 4) is 0 Å². The fourth-order valence-corrected chi connectivity index (χ4v) is 2.16. The van der Waals surface area contributed by atoms with Crippen molar-refractivity contribution in [1.29, 1.82) is 0 Å². The normalized spacial score (nSPS) is 14.3. The fourth-order valence-electron chi connectivity index (χ4n) is 2.16. The summed E-state index contributed by atoms with van der Waals surface area (Å²) in [5.41, 5.74) is 1.26. The molecule has 0 saturated heterocycles. The van der Waals surface area contributed by atoms with Gasteiger partial charge in [-0.05, 0) is 17.9 Å². The Morgan fingerprint density at radius 2 is 1.82 bits per heavy atom. The van der Waals surface area contributed by atoms with E-state index in [1.807, 2.05) is 18.2 Å². The first-order valence-electron chi connectivity index (χ1n) is 6.71. The molecule has 1 nitrogen and oxygen atoms in total. The quantitative estimate of drug-likeness (QED) is 0.686. The third-order valence-electron chi connectivity index (χ3n) is 3.61. The average molecular weight is 232 g/mol. The smallest absolute Gasteiger partial charge is 0.136 e. The van der Waals surface area contributed by atoms with Gasteiger partial charge in [0.25, 0.3) is 0 Å². The minimum atomic E-state index is 0.207. The molecule has 0 saturated carbocycles. The molecule has 0 aliphatic heterocycles. The lowest BCUT2D eigenvalue weighted by atomic mass is 9.86. The van der Waals surface area contributed by atoms with Crippen LogP contribution in [0.4, 0.5) is 0 Å². The van der Waals surface area contributed by atoms with E-state index in [9.17, 15) is 4.79 Å². The number of benzene rings is 1. The molecule has 2 unspecified atom stereocenters. The van der Waals surface area contributed by atoms with Gasteiger partial charge < -0.3 is 0 Å². The SMILES string of the molecule is CCCC(C)C(C)C(=O)CCc1ccccc1. The number of ketones is 1. The summed E-state index contributed by atoms with van der Waals surface area (Å²) < 4.78 is 0. The molecule has 17 heavy (non-hydrogen) atoms. The molecule has 2 atom stereocenters.